The summed E-state index contributed by atoms with van der Waals surface area (Å²) in [5, 5.41) is 3.17. The fourth-order valence-corrected chi connectivity index (χ4v) is 3.38. The summed E-state index contributed by atoms with van der Waals surface area (Å²) in [6.45, 7) is 5.56. The Balaban J connectivity index is 1.63. The Hall–Kier alpha value is -3.32. The highest BCUT2D eigenvalue weighted by Gasteiger charge is 2.14. The van der Waals surface area contributed by atoms with E-state index >= 15 is 0 Å². The number of nitrogens with zero attached hydrogens (tertiary/aromatic N) is 3. The van der Waals surface area contributed by atoms with E-state index in [0.29, 0.717) is 41.8 Å². The van der Waals surface area contributed by atoms with E-state index in [9.17, 15) is 9.59 Å². The lowest BCUT2D eigenvalue weighted by atomic mass is 10.2. The summed E-state index contributed by atoms with van der Waals surface area (Å²) in [6, 6.07) is 12.3. The number of anilines is 1. The molecule has 0 fully saturated rings. The summed E-state index contributed by atoms with van der Waals surface area (Å²) in [7, 11) is 0. The molecule has 2 heterocycles. The van der Waals surface area contributed by atoms with Crippen molar-refractivity contribution in [3.63, 3.8) is 0 Å². The van der Waals surface area contributed by atoms with Crippen LogP contribution in [0.1, 0.15) is 29.9 Å². The predicted octanol–water partition coefficient (Wildman–Crippen LogP) is 4.08. The summed E-state index contributed by atoms with van der Waals surface area (Å²) < 4.78 is 7.42. The molecule has 0 atom stereocenters. The van der Waals surface area contributed by atoms with Crippen molar-refractivity contribution < 1.29 is 14.3 Å². The van der Waals surface area contributed by atoms with Crippen LogP contribution in [0.5, 0.6) is 5.75 Å². The number of carbonyl (C=O) groups is 2. The van der Waals surface area contributed by atoms with E-state index in [1.165, 1.54) is 0 Å². The van der Waals surface area contributed by atoms with Crippen molar-refractivity contribution in [1.82, 2.24) is 14.5 Å². The van der Waals surface area contributed by atoms with Gasteiger partial charge in [-0.25, -0.2) is 0 Å². The summed E-state index contributed by atoms with van der Waals surface area (Å²) >= 11 is 6.29. The minimum Gasteiger partial charge on any atom is -0.482 e. The van der Waals surface area contributed by atoms with Gasteiger partial charge in [-0.2, -0.15) is 0 Å². The largest absolute Gasteiger partial charge is 0.482 e. The second kappa shape index (κ2) is 10.6. The molecule has 3 rings (SSSR count). The van der Waals surface area contributed by atoms with Crippen molar-refractivity contribution in [1.29, 1.82) is 0 Å². The number of pyridine rings is 1. The highest BCUT2D eigenvalue weighted by molar-refractivity contribution is 6.32. The monoisotopic (exact) mass is 440 g/mol. The average Bonchev–Trinajstić information content (AvgIpc) is 3.23. The minimum atomic E-state index is -0.250. The van der Waals surface area contributed by atoms with E-state index in [0.717, 1.165) is 5.56 Å². The molecule has 3 aromatic rings. The van der Waals surface area contributed by atoms with E-state index in [1.807, 2.05) is 42.8 Å². The zero-order valence-corrected chi connectivity index (χ0v) is 18.3. The van der Waals surface area contributed by atoms with Crippen LogP contribution in [0, 0.1) is 0 Å². The number of carbonyl (C=O) groups excluding carboxylic acids is 2. The predicted molar refractivity (Wildman–Crippen MR) is 121 cm³/mol. The fraction of sp³-hybridized carbons (Fsp3) is 0.261. The third-order valence-electron chi connectivity index (χ3n) is 4.82. The lowest BCUT2D eigenvalue weighted by Gasteiger charge is -2.19. The molecule has 2 amide bonds. The van der Waals surface area contributed by atoms with Crippen molar-refractivity contribution in [3.05, 3.63) is 77.3 Å². The summed E-state index contributed by atoms with van der Waals surface area (Å²) in [5.41, 5.74) is 2.11. The third-order valence-corrected chi connectivity index (χ3v) is 5.12. The van der Waals surface area contributed by atoms with Crippen LogP contribution in [0.15, 0.2) is 61.1 Å². The van der Waals surface area contributed by atoms with Gasteiger partial charge < -0.3 is 19.5 Å². The van der Waals surface area contributed by atoms with Gasteiger partial charge in [-0.1, -0.05) is 11.6 Å². The Bertz CT molecular complexity index is 1030. The lowest BCUT2D eigenvalue weighted by molar-refractivity contribution is -0.132. The fourth-order valence-electron chi connectivity index (χ4n) is 3.14. The number of amides is 2. The van der Waals surface area contributed by atoms with E-state index < -0.39 is 0 Å². The standard InChI is InChI=1S/C23H25ClN4O3/c1-3-27(4-2)22(29)16-31-21-8-7-18(14-19(21)24)26-23(30)20-6-5-13-28(20)15-17-9-11-25-12-10-17/h5-14H,3-4,15-16H2,1-2H3,(H,26,30). The third kappa shape index (κ3) is 5.86. The van der Waals surface area contributed by atoms with Gasteiger partial charge in [0.15, 0.2) is 6.61 Å². The van der Waals surface area contributed by atoms with Crippen molar-refractivity contribution >= 4 is 29.1 Å². The molecule has 0 unspecified atom stereocenters. The molecule has 2 aromatic heterocycles. The molecule has 0 spiro atoms. The van der Waals surface area contributed by atoms with Crippen LogP contribution in [-0.4, -0.2) is 46.0 Å². The minimum absolute atomic E-state index is 0.0877. The van der Waals surface area contributed by atoms with E-state index in [-0.39, 0.29) is 18.4 Å². The normalized spacial score (nSPS) is 10.5. The molecule has 162 valence electrons. The van der Waals surface area contributed by atoms with Crippen LogP contribution in [0.3, 0.4) is 0 Å². The number of nitrogens with one attached hydrogen (secondary N) is 1. The molecule has 0 aliphatic carbocycles. The molecule has 1 N–H and O–H groups in total. The smallest absolute Gasteiger partial charge is 0.272 e. The SMILES string of the molecule is CCN(CC)C(=O)COc1ccc(NC(=O)c2cccn2Cc2ccncc2)cc1Cl. The second-order valence-electron chi connectivity index (χ2n) is 6.83. The quantitative estimate of drug-likeness (QED) is 0.543. The molecule has 31 heavy (non-hydrogen) atoms. The molecule has 0 saturated heterocycles. The number of ether oxygens (including phenoxy) is 1. The average molecular weight is 441 g/mol. The van der Waals surface area contributed by atoms with Crippen LogP contribution in [0.25, 0.3) is 0 Å². The number of hydrogen-bond acceptors (Lipinski definition) is 4. The lowest BCUT2D eigenvalue weighted by Crippen LogP contribution is -2.34. The highest BCUT2D eigenvalue weighted by atomic mass is 35.5. The number of rotatable bonds is 9. The van der Waals surface area contributed by atoms with Crippen molar-refractivity contribution in [2.45, 2.75) is 20.4 Å². The zero-order valence-electron chi connectivity index (χ0n) is 17.5. The number of hydrogen-bond donors (Lipinski definition) is 1. The molecule has 8 heteroatoms. The van der Waals surface area contributed by atoms with Gasteiger partial charge in [-0.05, 0) is 61.9 Å². The molecule has 0 aliphatic rings. The molecule has 7 nitrogen and oxygen atoms in total. The summed E-state index contributed by atoms with van der Waals surface area (Å²) in [4.78, 5) is 30.6. The zero-order chi connectivity index (χ0) is 22.2. The Labute approximate surface area is 186 Å². The molecule has 1 aromatic carbocycles. The maximum atomic E-state index is 12.8. The van der Waals surface area contributed by atoms with Gasteiger partial charge in [0.25, 0.3) is 11.8 Å². The molecule has 0 saturated carbocycles. The molecule has 0 bridgehead atoms. The van der Waals surface area contributed by atoms with Crippen LogP contribution in [-0.2, 0) is 11.3 Å². The van der Waals surface area contributed by atoms with Crippen LogP contribution < -0.4 is 10.1 Å². The second-order valence-corrected chi connectivity index (χ2v) is 7.24. The molecular formula is C23H25ClN4O3. The van der Waals surface area contributed by atoms with Gasteiger partial charge in [-0.15, -0.1) is 0 Å². The van der Waals surface area contributed by atoms with Gasteiger partial charge in [0, 0.05) is 43.9 Å². The van der Waals surface area contributed by atoms with Crippen LogP contribution in [0.2, 0.25) is 5.02 Å². The van der Waals surface area contributed by atoms with Gasteiger partial charge in [-0.3, -0.25) is 14.6 Å². The first kappa shape index (κ1) is 22.4. The maximum Gasteiger partial charge on any atom is 0.272 e. The summed E-state index contributed by atoms with van der Waals surface area (Å²) in [5.74, 6) is 0.0372. The first-order chi connectivity index (χ1) is 15.0. The van der Waals surface area contributed by atoms with Gasteiger partial charge in [0.1, 0.15) is 11.4 Å². The number of likely N-dealkylation sites (N-methyl/N-ethyl adjacent to an activating group) is 1. The molecule has 0 aliphatic heterocycles. The number of benzene rings is 1. The topological polar surface area (TPSA) is 76.5 Å². The van der Waals surface area contributed by atoms with E-state index in [1.54, 1.807) is 41.6 Å². The number of halogens is 1. The van der Waals surface area contributed by atoms with Gasteiger partial charge >= 0.3 is 0 Å². The van der Waals surface area contributed by atoms with Gasteiger partial charge in [0.2, 0.25) is 0 Å². The van der Waals surface area contributed by atoms with Crippen LogP contribution >= 0.6 is 11.6 Å². The van der Waals surface area contributed by atoms with Crippen molar-refractivity contribution in [2.75, 3.05) is 25.0 Å². The van der Waals surface area contributed by atoms with E-state index in [2.05, 4.69) is 10.3 Å². The van der Waals surface area contributed by atoms with Crippen molar-refractivity contribution in [3.8, 4) is 5.75 Å². The summed E-state index contributed by atoms with van der Waals surface area (Å²) in [6.07, 6.45) is 5.30. The first-order valence-electron chi connectivity index (χ1n) is 10.1. The molecular weight excluding hydrogens is 416 g/mol. The highest BCUT2D eigenvalue weighted by Crippen LogP contribution is 2.28. The Kier molecular flexibility index (Phi) is 7.67. The van der Waals surface area contributed by atoms with Gasteiger partial charge in [0.05, 0.1) is 5.02 Å². The number of aromatic nitrogens is 2. The maximum absolute atomic E-state index is 12.8. The Morgan fingerprint density at radius 1 is 1.13 bits per heavy atom. The molecule has 0 radical (unpaired) electrons. The van der Waals surface area contributed by atoms with E-state index in [4.69, 9.17) is 16.3 Å². The van der Waals surface area contributed by atoms with Crippen LogP contribution in [0.4, 0.5) is 5.69 Å². The Morgan fingerprint density at radius 2 is 1.87 bits per heavy atom. The first-order valence-corrected chi connectivity index (χ1v) is 10.4. The Morgan fingerprint density at radius 3 is 2.55 bits per heavy atom. The van der Waals surface area contributed by atoms with Crippen molar-refractivity contribution in [2.24, 2.45) is 0 Å².